The zero-order valence-electron chi connectivity index (χ0n) is 16.6. The maximum absolute atomic E-state index is 13.1. The summed E-state index contributed by atoms with van der Waals surface area (Å²) in [4.78, 5) is 16.2. The SMILES string of the molecule is COc1cc(N2CCOCC2)ccc1C(=O)NC1(c2nnc(-c3cccs3)o2)CC1. The Hall–Kier alpha value is -2.91. The minimum atomic E-state index is -0.604. The summed E-state index contributed by atoms with van der Waals surface area (Å²) in [6, 6.07) is 9.53. The molecule has 0 unspecified atom stereocenters. The first-order valence-corrected chi connectivity index (χ1v) is 10.8. The van der Waals surface area contributed by atoms with E-state index in [-0.39, 0.29) is 5.91 Å². The number of nitrogens with one attached hydrogen (secondary N) is 1. The lowest BCUT2D eigenvalue weighted by Crippen LogP contribution is -2.37. The Morgan fingerprint density at radius 3 is 2.77 bits per heavy atom. The van der Waals surface area contributed by atoms with E-state index < -0.39 is 5.54 Å². The number of benzene rings is 1. The van der Waals surface area contributed by atoms with E-state index in [0.29, 0.717) is 36.3 Å². The normalized spacial score (nSPS) is 17.6. The van der Waals surface area contributed by atoms with Gasteiger partial charge in [0.05, 0.1) is 30.8 Å². The molecule has 9 heteroatoms. The third-order valence-corrected chi connectivity index (χ3v) is 6.33. The number of carbonyl (C=O) groups excluding carboxylic acids is 1. The predicted molar refractivity (Wildman–Crippen MR) is 112 cm³/mol. The van der Waals surface area contributed by atoms with E-state index in [9.17, 15) is 4.79 Å². The van der Waals surface area contributed by atoms with Crippen molar-refractivity contribution in [2.45, 2.75) is 18.4 Å². The third kappa shape index (κ3) is 3.54. The fourth-order valence-electron chi connectivity index (χ4n) is 3.60. The number of hydrogen-bond acceptors (Lipinski definition) is 8. The van der Waals surface area contributed by atoms with Crippen LogP contribution in [-0.4, -0.2) is 49.5 Å². The minimum Gasteiger partial charge on any atom is -0.496 e. The molecule has 8 nitrogen and oxygen atoms in total. The van der Waals surface area contributed by atoms with Crippen LogP contribution in [-0.2, 0) is 10.3 Å². The van der Waals surface area contributed by atoms with Gasteiger partial charge in [-0.05, 0) is 36.4 Å². The number of methoxy groups -OCH3 is 1. The molecule has 2 aliphatic rings. The van der Waals surface area contributed by atoms with Crippen molar-refractivity contribution in [1.82, 2.24) is 15.5 Å². The van der Waals surface area contributed by atoms with Gasteiger partial charge in [-0.3, -0.25) is 4.79 Å². The standard InChI is InChI=1S/C21H22N4O4S/c1-27-16-13-14(25-8-10-28-11-9-25)4-5-15(16)18(26)22-21(6-7-21)20-24-23-19(29-20)17-3-2-12-30-17/h2-5,12-13H,6-11H2,1H3,(H,22,26). The molecule has 0 spiro atoms. The number of aromatic nitrogens is 2. The quantitative estimate of drug-likeness (QED) is 0.648. The summed E-state index contributed by atoms with van der Waals surface area (Å²) in [6.45, 7) is 3.04. The molecule has 1 amide bonds. The van der Waals surface area contributed by atoms with Gasteiger partial charge < -0.3 is 24.1 Å². The smallest absolute Gasteiger partial charge is 0.257 e. The summed E-state index contributed by atoms with van der Waals surface area (Å²) in [5.74, 6) is 1.25. The van der Waals surface area contributed by atoms with Crippen LogP contribution < -0.4 is 15.0 Å². The molecule has 1 saturated carbocycles. The molecule has 156 valence electrons. The molecule has 3 heterocycles. The maximum Gasteiger partial charge on any atom is 0.257 e. The Morgan fingerprint density at radius 1 is 1.23 bits per heavy atom. The minimum absolute atomic E-state index is 0.214. The Labute approximate surface area is 177 Å². The van der Waals surface area contributed by atoms with Gasteiger partial charge in [0.15, 0.2) is 0 Å². The van der Waals surface area contributed by atoms with Gasteiger partial charge in [-0.25, -0.2) is 0 Å². The number of carbonyl (C=O) groups is 1. The van der Waals surface area contributed by atoms with Crippen molar-refractivity contribution in [2.24, 2.45) is 0 Å². The molecule has 1 aliphatic carbocycles. The summed E-state index contributed by atoms with van der Waals surface area (Å²) in [6.07, 6.45) is 1.53. The van der Waals surface area contributed by atoms with E-state index in [2.05, 4.69) is 20.4 Å². The van der Waals surface area contributed by atoms with Crippen LogP contribution in [0.15, 0.2) is 40.1 Å². The Bertz CT molecular complexity index is 1040. The van der Waals surface area contributed by atoms with E-state index in [1.165, 1.54) is 11.3 Å². The van der Waals surface area contributed by atoms with Crippen LogP contribution in [0.1, 0.15) is 29.1 Å². The van der Waals surface area contributed by atoms with Crippen LogP contribution in [0.25, 0.3) is 10.8 Å². The number of anilines is 1. The van der Waals surface area contributed by atoms with E-state index in [4.69, 9.17) is 13.9 Å². The van der Waals surface area contributed by atoms with Gasteiger partial charge in [-0.2, -0.15) is 0 Å². The first-order valence-electron chi connectivity index (χ1n) is 9.90. The van der Waals surface area contributed by atoms with Crippen molar-refractivity contribution in [1.29, 1.82) is 0 Å². The number of amides is 1. The molecule has 1 saturated heterocycles. The molecule has 3 aromatic rings. The number of hydrogen-bond donors (Lipinski definition) is 1. The third-order valence-electron chi connectivity index (χ3n) is 5.48. The molecule has 1 aromatic carbocycles. The summed E-state index contributed by atoms with van der Waals surface area (Å²) in [5.41, 5.74) is 0.900. The monoisotopic (exact) mass is 426 g/mol. The zero-order chi connectivity index (χ0) is 20.6. The lowest BCUT2D eigenvalue weighted by molar-refractivity contribution is 0.0920. The lowest BCUT2D eigenvalue weighted by Gasteiger charge is -2.29. The summed E-state index contributed by atoms with van der Waals surface area (Å²) < 4.78 is 16.8. The zero-order valence-corrected chi connectivity index (χ0v) is 17.4. The second kappa shape index (κ2) is 7.73. The average Bonchev–Trinajstić information content (AvgIpc) is 3.19. The number of rotatable bonds is 6. The average molecular weight is 426 g/mol. The Morgan fingerprint density at radius 2 is 2.07 bits per heavy atom. The van der Waals surface area contributed by atoms with Gasteiger partial charge in [0, 0.05) is 24.8 Å². The van der Waals surface area contributed by atoms with Crippen molar-refractivity contribution < 1.29 is 18.7 Å². The van der Waals surface area contributed by atoms with Crippen LogP contribution in [0.4, 0.5) is 5.69 Å². The van der Waals surface area contributed by atoms with Crippen LogP contribution >= 0.6 is 11.3 Å². The van der Waals surface area contributed by atoms with Crippen molar-refractivity contribution >= 4 is 22.9 Å². The molecule has 0 atom stereocenters. The van der Waals surface area contributed by atoms with E-state index in [1.807, 2.05) is 29.6 Å². The fraction of sp³-hybridized carbons (Fsp3) is 0.381. The second-order valence-corrected chi connectivity index (χ2v) is 8.36. The number of ether oxygens (including phenoxy) is 2. The molecule has 1 N–H and O–H groups in total. The highest BCUT2D eigenvalue weighted by atomic mass is 32.1. The Kier molecular flexibility index (Phi) is 4.92. The molecule has 5 rings (SSSR count). The molecule has 0 radical (unpaired) electrons. The van der Waals surface area contributed by atoms with Crippen molar-refractivity contribution in [3.63, 3.8) is 0 Å². The summed E-state index contributed by atoms with van der Waals surface area (Å²) in [7, 11) is 1.58. The molecule has 0 bridgehead atoms. The van der Waals surface area contributed by atoms with Crippen LogP contribution in [0.2, 0.25) is 0 Å². The van der Waals surface area contributed by atoms with Crippen LogP contribution in [0.5, 0.6) is 5.75 Å². The van der Waals surface area contributed by atoms with E-state index in [1.54, 1.807) is 13.2 Å². The first kappa shape index (κ1) is 19.1. The van der Waals surface area contributed by atoms with Gasteiger partial charge in [0.25, 0.3) is 11.8 Å². The topological polar surface area (TPSA) is 89.7 Å². The number of thiophene rings is 1. The molecule has 2 fully saturated rings. The Balaban J connectivity index is 1.34. The van der Waals surface area contributed by atoms with Gasteiger partial charge in [-0.15, -0.1) is 21.5 Å². The molecular formula is C21H22N4O4S. The first-order chi connectivity index (χ1) is 14.7. The highest BCUT2D eigenvalue weighted by molar-refractivity contribution is 7.13. The highest BCUT2D eigenvalue weighted by Gasteiger charge is 2.51. The molecule has 30 heavy (non-hydrogen) atoms. The van der Waals surface area contributed by atoms with Gasteiger partial charge >= 0.3 is 0 Å². The summed E-state index contributed by atoms with van der Waals surface area (Å²) in [5, 5.41) is 13.4. The van der Waals surface area contributed by atoms with Crippen LogP contribution in [0, 0.1) is 0 Å². The predicted octanol–water partition coefficient (Wildman–Crippen LogP) is 3.06. The molecule has 2 aromatic heterocycles. The highest BCUT2D eigenvalue weighted by Crippen LogP contribution is 2.46. The fourth-order valence-corrected chi connectivity index (χ4v) is 4.25. The largest absolute Gasteiger partial charge is 0.496 e. The van der Waals surface area contributed by atoms with Gasteiger partial charge in [0.2, 0.25) is 5.89 Å². The second-order valence-electron chi connectivity index (χ2n) is 7.41. The van der Waals surface area contributed by atoms with E-state index in [0.717, 1.165) is 36.5 Å². The van der Waals surface area contributed by atoms with Gasteiger partial charge in [0.1, 0.15) is 11.3 Å². The van der Waals surface area contributed by atoms with Crippen molar-refractivity contribution in [2.75, 3.05) is 38.3 Å². The van der Waals surface area contributed by atoms with Crippen LogP contribution in [0.3, 0.4) is 0 Å². The maximum atomic E-state index is 13.1. The van der Waals surface area contributed by atoms with Crippen molar-refractivity contribution in [3.05, 3.63) is 47.2 Å². The summed E-state index contributed by atoms with van der Waals surface area (Å²) >= 11 is 1.54. The van der Waals surface area contributed by atoms with Gasteiger partial charge in [-0.1, -0.05) is 6.07 Å². The molecular weight excluding hydrogens is 404 g/mol. The molecule has 1 aliphatic heterocycles. The lowest BCUT2D eigenvalue weighted by atomic mass is 10.1. The van der Waals surface area contributed by atoms with E-state index >= 15 is 0 Å². The van der Waals surface area contributed by atoms with Crippen molar-refractivity contribution in [3.8, 4) is 16.5 Å². The number of morpholine rings is 1. The number of nitrogens with zero attached hydrogens (tertiary/aromatic N) is 3.